The molecule has 1 unspecified atom stereocenters. The highest BCUT2D eigenvalue weighted by atomic mass is 16.3. The third-order valence-electron chi connectivity index (χ3n) is 1.19. The third kappa shape index (κ3) is 5.57. The zero-order valence-electron chi connectivity index (χ0n) is 6.42. The van der Waals surface area contributed by atoms with E-state index in [0.29, 0.717) is 6.54 Å². The Morgan fingerprint density at radius 1 is 1.82 bits per heavy atom. The monoisotopic (exact) mass is 158 g/mol. The molecule has 4 N–H and O–H groups in total. The van der Waals surface area contributed by atoms with Gasteiger partial charge in [0.1, 0.15) is 6.10 Å². The van der Waals surface area contributed by atoms with Gasteiger partial charge in [0.2, 0.25) is 5.91 Å². The maximum atomic E-state index is 10.3. The standard InChI is InChI=1S/C7H14N2O2/c1-2-3-4-9-5-6(10)7(8)11/h2,6,9-10H,1,3-5H2,(H2,8,11). The molecule has 0 rings (SSSR count). The summed E-state index contributed by atoms with van der Waals surface area (Å²) < 4.78 is 0. The molecule has 64 valence electrons. The summed E-state index contributed by atoms with van der Waals surface area (Å²) in [5.74, 6) is -0.698. The van der Waals surface area contributed by atoms with Crippen LogP contribution in [0.4, 0.5) is 0 Å². The normalized spacial score (nSPS) is 12.5. The Morgan fingerprint density at radius 2 is 2.45 bits per heavy atom. The zero-order valence-corrected chi connectivity index (χ0v) is 6.42. The summed E-state index contributed by atoms with van der Waals surface area (Å²) in [6.07, 6.45) is 1.48. The van der Waals surface area contributed by atoms with Crippen LogP contribution >= 0.6 is 0 Å². The number of amides is 1. The Labute approximate surface area is 66.1 Å². The molecule has 0 aromatic carbocycles. The first-order chi connectivity index (χ1) is 5.18. The minimum atomic E-state index is -1.08. The topological polar surface area (TPSA) is 75.3 Å². The van der Waals surface area contributed by atoms with Crippen LogP contribution in [0.3, 0.4) is 0 Å². The van der Waals surface area contributed by atoms with Crippen molar-refractivity contribution >= 4 is 5.91 Å². The average molecular weight is 158 g/mol. The van der Waals surface area contributed by atoms with E-state index in [1.165, 1.54) is 0 Å². The quantitative estimate of drug-likeness (QED) is 0.343. The number of aliphatic hydroxyl groups is 1. The van der Waals surface area contributed by atoms with E-state index in [1.54, 1.807) is 6.08 Å². The van der Waals surface area contributed by atoms with Crippen LogP contribution in [0.25, 0.3) is 0 Å². The molecular weight excluding hydrogens is 144 g/mol. The van der Waals surface area contributed by atoms with Gasteiger partial charge >= 0.3 is 0 Å². The molecule has 0 bridgehead atoms. The van der Waals surface area contributed by atoms with E-state index in [9.17, 15) is 4.79 Å². The third-order valence-corrected chi connectivity index (χ3v) is 1.19. The van der Waals surface area contributed by atoms with Crippen molar-refractivity contribution in [1.29, 1.82) is 0 Å². The second kappa shape index (κ2) is 5.88. The van der Waals surface area contributed by atoms with Crippen LogP contribution in [0, 0.1) is 0 Å². The average Bonchev–Trinajstić information content (AvgIpc) is 1.97. The van der Waals surface area contributed by atoms with Crippen molar-refractivity contribution in [2.75, 3.05) is 13.1 Å². The molecule has 0 aliphatic rings. The molecule has 0 heterocycles. The summed E-state index contributed by atoms with van der Waals surface area (Å²) in [7, 11) is 0. The van der Waals surface area contributed by atoms with E-state index >= 15 is 0 Å². The van der Waals surface area contributed by atoms with Crippen molar-refractivity contribution in [3.05, 3.63) is 12.7 Å². The number of nitrogens with two attached hydrogens (primary N) is 1. The van der Waals surface area contributed by atoms with Crippen molar-refractivity contribution in [3.8, 4) is 0 Å². The van der Waals surface area contributed by atoms with Gasteiger partial charge in [-0.25, -0.2) is 0 Å². The second-order valence-electron chi connectivity index (χ2n) is 2.20. The lowest BCUT2D eigenvalue weighted by Gasteiger charge is -2.06. The summed E-state index contributed by atoms with van der Waals surface area (Å²) in [4.78, 5) is 10.3. The number of aliphatic hydroxyl groups excluding tert-OH is 1. The highest BCUT2D eigenvalue weighted by Gasteiger charge is 2.08. The molecule has 0 aliphatic heterocycles. The van der Waals surface area contributed by atoms with Gasteiger partial charge < -0.3 is 16.2 Å². The van der Waals surface area contributed by atoms with Crippen molar-refractivity contribution in [2.24, 2.45) is 5.73 Å². The van der Waals surface area contributed by atoms with E-state index < -0.39 is 12.0 Å². The molecule has 0 fully saturated rings. The van der Waals surface area contributed by atoms with Crippen molar-refractivity contribution in [3.63, 3.8) is 0 Å². The van der Waals surface area contributed by atoms with Gasteiger partial charge in [0.05, 0.1) is 0 Å². The van der Waals surface area contributed by atoms with E-state index in [1.807, 2.05) is 0 Å². The zero-order chi connectivity index (χ0) is 8.69. The highest BCUT2D eigenvalue weighted by molar-refractivity contribution is 5.78. The molecule has 0 aromatic rings. The lowest BCUT2D eigenvalue weighted by Crippen LogP contribution is -2.37. The van der Waals surface area contributed by atoms with Gasteiger partial charge in [-0.05, 0) is 13.0 Å². The number of nitrogens with one attached hydrogen (secondary N) is 1. The Hall–Kier alpha value is -0.870. The molecule has 1 amide bonds. The molecule has 0 spiro atoms. The molecule has 0 radical (unpaired) electrons. The maximum absolute atomic E-state index is 10.3. The fourth-order valence-corrected chi connectivity index (χ4v) is 0.543. The highest BCUT2D eigenvalue weighted by Crippen LogP contribution is 1.79. The maximum Gasteiger partial charge on any atom is 0.247 e. The molecule has 0 saturated heterocycles. The molecule has 4 nitrogen and oxygen atoms in total. The Morgan fingerprint density at radius 3 is 2.91 bits per heavy atom. The number of primary amides is 1. The van der Waals surface area contributed by atoms with Gasteiger partial charge in [0.15, 0.2) is 0 Å². The largest absolute Gasteiger partial charge is 0.382 e. The van der Waals surface area contributed by atoms with E-state index in [4.69, 9.17) is 10.8 Å². The first-order valence-corrected chi connectivity index (χ1v) is 3.47. The fourth-order valence-electron chi connectivity index (χ4n) is 0.543. The molecule has 0 saturated carbocycles. The van der Waals surface area contributed by atoms with Gasteiger partial charge in [0, 0.05) is 6.54 Å². The summed E-state index contributed by atoms with van der Waals surface area (Å²) in [5, 5.41) is 11.7. The SMILES string of the molecule is C=CCCNCC(O)C(N)=O. The van der Waals surface area contributed by atoms with Crippen LogP contribution in [0.5, 0.6) is 0 Å². The summed E-state index contributed by atoms with van der Waals surface area (Å²) in [6, 6.07) is 0. The summed E-state index contributed by atoms with van der Waals surface area (Å²) >= 11 is 0. The second-order valence-corrected chi connectivity index (χ2v) is 2.20. The molecule has 1 atom stereocenters. The fraction of sp³-hybridized carbons (Fsp3) is 0.571. The van der Waals surface area contributed by atoms with Crippen LogP contribution in [0.1, 0.15) is 6.42 Å². The van der Waals surface area contributed by atoms with Gasteiger partial charge in [-0.15, -0.1) is 6.58 Å². The van der Waals surface area contributed by atoms with Crippen molar-refractivity contribution < 1.29 is 9.90 Å². The molecule has 0 aliphatic carbocycles. The molecule has 4 heteroatoms. The Kier molecular flexibility index (Phi) is 5.42. The first-order valence-electron chi connectivity index (χ1n) is 3.47. The Bertz CT molecular complexity index is 136. The van der Waals surface area contributed by atoms with Crippen molar-refractivity contribution in [1.82, 2.24) is 5.32 Å². The lowest BCUT2D eigenvalue weighted by atomic mass is 10.3. The van der Waals surface area contributed by atoms with E-state index in [-0.39, 0.29) is 6.54 Å². The smallest absolute Gasteiger partial charge is 0.247 e. The predicted molar refractivity (Wildman–Crippen MR) is 42.9 cm³/mol. The van der Waals surface area contributed by atoms with Crippen LogP contribution in [0.2, 0.25) is 0 Å². The molecular formula is C7H14N2O2. The number of hydrogen-bond acceptors (Lipinski definition) is 3. The lowest BCUT2D eigenvalue weighted by molar-refractivity contribution is -0.125. The van der Waals surface area contributed by atoms with Gasteiger partial charge in [-0.2, -0.15) is 0 Å². The van der Waals surface area contributed by atoms with E-state index in [0.717, 1.165) is 6.42 Å². The van der Waals surface area contributed by atoms with Crippen LogP contribution in [-0.2, 0) is 4.79 Å². The molecule has 0 aromatic heterocycles. The summed E-state index contributed by atoms with van der Waals surface area (Å²) in [5.41, 5.74) is 4.80. The van der Waals surface area contributed by atoms with Crippen LogP contribution in [-0.4, -0.2) is 30.2 Å². The van der Waals surface area contributed by atoms with E-state index in [2.05, 4.69) is 11.9 Å². The summed E-state index contributed by atoms with van der Waals surface area (Å²) in [6.45, 7) is 4.43. The number of carbonyl (C=O) groups excluding carboxylic acids is 1. The predicted octanol–water partition coefficient (Wildman–Crippen LogP) is -1.00. The van der Waals surface area contributed by atoms with Crippen LogP contribution < -0.4 is 11.1 Å². The first kappa shape index (κ1) is 10.1. The Balaban J connectivity index is 3.24. The van der Waals surface area contributed by atoms with Crippen LogP contribution in [0.15, 0.2) is 12.7 Å². The van der Waals surface area contributed by atoms with Gasteiger partial charge in [0.25, 0.3) is 0 Å². The van der Waals surface area contributed by atoms with Gasteiger partial charge in [-0.1, -0.05) is 6.08 Å². The van der Waals surface area contributed by atoms with Crippen molar-refractivity contribution in [2.45, 2.75) is 12.5 Å². The number of rotatable bonds is 6. The molecule has 11 heavy (non-hydrogen) atoms. The van der Waals surface area contributed by atoms with Gasteiger partial charge in [-0.3, -0.25) is 4.79 Å². The minimum absolute atomic E-state index is 0.211. The number of carbonyl (C=O) groups is 1. The number of hydrogen-bond donors (Lipinski definition) is 3. The minimum Gasteiger partial charge on any atom is -0.382 e.